The molecule has 19 heteroatoms. The van der Waals surface area contributed by atoms with Crippen molar-refractivity contribution < 1.29 is 80.2 Å². The zero-order chi connectivity index (χ0) is 67.7. The maximum Gasteiger partial charge on any atom is 0.472 e. The highest BCUT2D eigenvalue weighted by molar-refractivity contribution is 7.47. The average Bonchev–Trinajstić information content (AvgIpc) is 1.83. The molecule has 0 radical (unpaired) electrons. The molecule has 0 aliphatic carbocycles. The lowest BCUT2D eigenvalue weighted by Gasteiger charge is -2.21. The molecule has 0 bridgehead atoms. The predicted octanol–water partition coefficient (Wildman–Crippen LogP) is 21.3. The molecule has 0 aliphatic heterocycles. The van der Waals surface area contributed by atoms with Gasteiger partial charge in [-0.15, -0.1) is 0 Å². The van der Waals surface area contributed by atoms with Crippen LogP contribution in [0.4, 0.5) is 0 Å². The zero-order valence-corrected chi connectivity index (χ0v) is 61.5. The quantitative estimate of drug-likeness (QED) is 0.0222. The molecule has 3 N–H and O–H groups in total. The fourth-order valence-corrected chi connectivity index (χ4v) is 12.8. The summed E-state index contributed by atoms with van der Waals surface area (Å²) >= 11 is 0. The third kappa shape index (κ3) is 66.7. The molecule has 0 aliphatic rings. The van der Waals surface area contributed by atoms with Gasteiger partial charge in [0.15, 0.2) is 12.2 Å². The van der Waals surface area contributed by atoms with Crippen LogP contribution in [0.1, 0.15) is 381 Å². The van der Waals surface area contributed by atoms with E-state index in [2.05, 4.69) is 34.6 Å². The Labute approximate surface area is 562 Å². The van der Waals surface area contributed by atoms with Crippen molar-refractivity contribution in [1.82, 2.24) is 0 Å². The number of unbranched alkanes of at least 4 members (excludes halogenated alkanes) is 45. The number of hydrogen-bond acceptors (Lipinski definition) is 15. The van der Waals surface area contributed by atoms with Crippen LogP contribution in [0.5, 0.6) is 0 Å². The summed E-state index contributed by atoms with van der Waals surface area (Å²) in [4.78, 5) is 72.7. The van der Waals surface area contributed by atoms with E-state index in [-0.39, 0.29) is 25.7 Å². The number of aliphatic hydroxyl groups excluding tert-OH is 1. The van der Waals surface area contributed by atoms with E-state index in [1.807, 2.05) is 0 Å². The Bertz CT molecular complexity index is 1770. The number of carbonyl (C=O) groups excluding carboxylic acids is 4. The fraction of sp³-hybridized carbons (Fsp3) is 0.945. The van der Waals surface area contributed by atoms with Gasteiger partial charge in [-0.2, -0.15) is 0 Å². The molecule has 0 saturated carbocycles. The number of aliphatic hydroxyl groups is 1. The van der Waals surface area contributed by atoms with Crippen molar-refractivity contribution in [2.75, 3.05) is 39.6 Å². The van der Waals surface area contributed by atoms with Gasteiger partial charge in [-0.05, 0) is 31.6 Å². The summed E-state index contributed by atoms with van der Waals surface area (Å²) in [5.41, 5.74) is 0. The van der Waals surface area contributed by atoms with Crippen LogP contribution >= 0.6 is 15.6 Å². The predicted molar refractivity (Wildman–Crippen MR) is 372 cm³/mol. The van der Waals surface area contributed by atoms with Gasteiger partial charge < -0.3 is 33.8 Å². The number of hydrogen-bond donors (Lipinski definition) is 3. The van der Waals surface area contributed by atoms with Gasteiger partial charge in [0.25, 0.3) is 0 Å². The minimum absolute atomic E-state index is 0.106. The zero-order valence-electron chi connectivity index (χ0n) is 59.7. The highest BCUT2D eigenvalue weighted by Crippen LogP contribution is 2.45. The molecule has 0 aromatic rings. The number of esters is 4. The van der Waals surface area contributed by atoms with Crippen molar-refractivity contribution in [3.63, 3.8) is 0 Å². The van der Waals surface area contributed by atoms with Gasteiger partial charge in [-0.1, -0.05) is 330 Å². The van der Waals surface area contributed by atoms with Crippen LogP contribution in [0.25, 0.3) is 0 Å². The maximum atomic E-state index is 13.1. The molecule has 0 spiro atoms. The van der Waals surface area contributed by atoms with E-state index in [0.29, 0.717) is 25.7 Å². The molecule has 92 heavy (non-hydrogen) atoms. The minimum Gasteiger partial charge on any atom is -0.462 e. The van der Waals surface area contributed by atoms with Crippen molar-refractivity contribution >= 4 is 39.5 Å². The number of rotatable bonds is 73. The lowest BCUT2D eigenvalue weighted by atomic mass is 10.0. The third-order valence-electron chi connectivity index (χ3n) is 17.0. The van der Waals surface area contributed by atoms with E-state index >= 15 is 0 Å². The first-order valence-corrected chi connectivity index (χ1v) is 41.1. The monoisotopic (exact) mass is 1350 g/mol. The van der Waals surface area contributed by atoms with Crippen molar-refractivity contribution in [2.45, 2.75) is 400 Å². The van der Waals surface area contributed by atoms with Crippen LogP contribution in [-0.2, 0) is 65.4 Å². The smallest absolute Gasteiger partial charge is 0.462 e. The molecule has 0 amide bonds. The first-order valence-electron chi connectivity index (χ1n) is 38.1. The van der Waals surface area contributed by atoms with Gasteiger partial charge in [-0.3, -0.25) is 37.3 Å². The van der Waals surface area contributed by atoms with Crippen LogP contribution in [0, 0.1) is 5.92 Å². The Morgan fingerprint density at radius 2 is 0.500 bits per heavy atom. The van der Waals surface area contributed by atoms with E-state index in [9.17, 15) is 43.2 Å². The molecular weight excluding hydrogens is 1210 g/mol. The second-order valence-electron chi connectivity index (χ2n) is 26.8. The van der Waals surface area contributed by atoms with E-state index in [4.69, 9.17) is 37.0 Å². The minimum atomic E-state index is -4.95. The number of phosphoric ester groups is 2. The Morgan fingerprint density at radius 3 is 0.739 bits per heavy atom. The lowest BCUT2D eigenvalue weighted by Crippen LogP contribution is -2.30. The summed E-state index contributed by atoms with van der Waals surface area (Å²) in [5.74, 6) is -1.38. The normalized spacial score (nSPS) is 14.0. The summed E-state index contributed by atoms with van der Waals surface area (Å²) in [6, 6.07) is 0. The maximum absolute atomic E-state index is 13.1. The molecule has 5 atom stereocenters. The second-order valence-corrected chi connectivity index (χ2v) is 29.7. The molecule has 17 nitrogen and oxygen atoms in total. The van der Waals surface area contributed by atoms with Crippen LogP contribution < -0.4 is 0 Å². The van der Waals surface area contributed by atoms with Gasteiger partial charge >= 0.3 is 39.5 Å². The lowest BCUT2D eigenvalue weighted by molar-refractivity contribution is -0.161. The SMILES string of the molecule is CCCCCCCCCCCCCCCCCC(=O)OC[C@H](COP(=O)(O)OC[C@@H](O)COP(=O)(O)OC[C@@H](COC(=O)CCCCCCCCCCCC)OC(=O)CCCCCCCCCCCC(C)C)OC(=O)CCCCCCCCCCCCCCCCC. The summed E-state index contributed by atoms with van der Waals surface area (Å²) in [7, 11) is -9.90. The Hall–Kier alpha value is -1.94. The first-order chi connectivity index (χ1) is 44.5. The standard InChI is InChI=1S/C73H142O17P2/c1-6-9-12-15-18-21-24-26-28-30-32-37-42-47-52-57-71(76)84-63-68(89-72(77)58-53-48-43-38-33-31-29-27-25-22-19-16-13-10-7-2)64-87-91(79,80)85-60-67(74)61-86-92(81,82)88-65-69(62-83-70(75)56-51-46-41-36-23-20-17-14-11-8-3)90-73(78)59-54-49-44-39-34-35-40-45-50-55-66(4)5/h66-69,74H,6-65H2,1-5H3,(H,79,80)(H,81,82)/t67-,68-,69-/m1/s1. The molecule has 0 heterocycles. The summed E-state index contributed by atoms with van der Waals surface area (Å²) < 4.78 is 68.4. The van der Waals surface area contributed by atoms with Crippen molar-refractivity contribution in [3.8, 4) is 0 Å². The van der Waals surface area contributed by atoms with Crippen LogP contribution in [0.2, 0.25) is 0 Å². The van der Waals surface area contributed by atoms with Gasteiger partial charge in [0.1, 0.15) is 19.3 Å². The summed E-state index contributed by atoms with van der Waals surface area (Å²) in [6.07, 6.45) is 54.0. The van der Waals surface area contributed by atoms with Gasteiger partial charge in [0.05, 0.1) is 26.4 Å². The molecular formula is C73H142O17P2. The largest absolute Gasteiger partial charge is 0.472 e. The molecule has 0 aromatic carbocycles. The molecule has 0 rings (SSSR count). The average molecular weight is 1350 g/mol. The van der Waals surface area contributed by atoms with Gasteiger partial charge in [0, 0.05) is 25.7 Å². The number of carbonyl (C=O) groups is 4. The van der Waals surface area contributed by atoms with E-state index < -0.39 is 97.5 Å². The highest BCUT2D eigenvalue weighted by atomic mass is 31.2. The summed E-state index contributed by atoms with van der Waals surface area (Å²) in [5, 5.41) is 10.6. The summed E-state index contributed by atoms with van der Waals surface area (Å²) in [6.45, 7) is 7.25. The van der Waals surface area contributed by atoms with E-state index in [0.717, 1.165) is 95.8 Å². The Morgan fingerprint density at radius 1 is 0.293 bits per heavy atom. The van der Waals surface area contributed by atoms with Gasteiger partial charge in [-0.25, -0.2) is 9.13 Å². The Balaban J connectivity index is 5.24. The Kier molecular flexibility index (Phi) is 64.9. The van der Waals surface area contributed by atoms with Crippen molar-refractivity contribution in [2.24, 2.45) is 5.92 Å². The number of phosphoric acid groups is 2. The molecule has 0 saturated heterocycles. The van der Waals surface area contributed by atoms with Crippen molar-refractivity contribution in [3.05, 3.63) is 0 Å². The topological polar surface area (TPSA) is 237 Å². The molecule has 0 aromatic heterocycles. The van der Waals surface area contributed by atoms with Crippen molar-refractivity contribution in [1.29, 1.82) is 0 Å². The highest BCUT2D eigenvalue weighted by Gasteiger charge is 2.30. The molecule has 2 unspecified atom stereocenters. The van der Waals surface area contributed by atoms with Crippen LogP contribution in [0.3, 0.4) is 0 Å². The van der Waals surface area contributed by atoms with E-state index in [1.165, 1.54) is 205 Å². The molecule has 546 valence electrons. The second kappa shape index (κ2) is 66.3. The first kappa shape index (κ1) is 90.1. The third-order valence-corrected chi connectivity index (χ3v) is 18.9. The molecule has 0 fully saturated rings. The number of ether oxygens (including phenoxy) is 4. The van der Waals surface area contributed by atoms with Gasteiger partial charge in [0.2, 0.25) is 0 Å². The van der Waals surface area contributed by atoms with Crippen LogP contribution in [0.15, 0.2) is 0 Å². The van der Waals surface area contributed by atoms with Crippen LogP contribution in [-0.4, -0.2) is 96.7 Å². The van der Waals surface area contributed by atoms with E-state index in [1.54, 1.807) is 0 Å². The fourth-order valence-electron chi connectivity index (χ4n) is 11.2.